The summed E-state index contributed by atoms with van der Waals surface area (Å²) in [5.74, 6) is 1.07. The Morgan fingerprint density at radius 3 is 2.73 bits per heavy atom. The SMILES string of the molecule is COC1(Cc2nc(=S)nc(N)[nH]2)CCC1. The third-order valence-corrected chi connectivity index (χ3v) is 3.09. The molecular weight excluding hydrogens is 212 g/mol. The van der Waals surface area contributed by atoms with Crippen molar-refractivity contribution in [3.8, 4) is 0 Å². The van der Waals surface area contributed by atoms with Crippen LogP contribution in [0, 0.1) is 4.77 Å². The predicted octanol–water partition coefficient (Wildman–Crippen LogP) is 1.23. The Hall–Kier alpha value is -1.01. The molecular formula is C9H14N4OS. The summed E-state index contributed by atoms with van der Waals surface area (Å²) in [5.41, 5.74) is 5.49. The molecule has 1 aliphatic rings. The molecule has 15 heavy (non-hydrogen) atoms. The summed E-state index contributed by atoms with van der Waals surface area (Å²) in [5, 5.41) is 0. The lowest BCUT2D eigenvalue weighted by Gasteiger charge is -2.40. The lowest BCUT2D eigenvalue weighted by molar-refractivity contribution is -0.0721. The van der Waals surface area contributed by atoms with Crippen molar-refractivity contribution < 1.29 is 4.74 Å². The van der Waals surface area contributed by atoms with Crippen LogP contribution in [0.4, 0.5) is 5.95 Å². The van der Waals surface area contributed by atoms with Crippen LogP contribution in [0.15, 0.2) is 0 Å². The molecule has 82 valence electrons. The molecule has 0 amide bonds. The summed E-state index contributed by atoms with van der Waals surface area (Å²) in [4.78, 5) is 10.9. The molecule has 2 rings (SSSR count). The van der Waals surface area contributed by atoms with Crippen molar-refractivity contribution in [2.75, 3.05) is 12.8 Å². The topological polar surface area (TPSA) is 76.8 Å². The number of nitrogens with zero attached hydrogens (tertiary/aromatic N) is 2. The summed E-state index contributed by atoms with van der Waals surface area (Å²) in [6, 6.07) is 0. The third kappa shape index (κ3) is 2.15. The molecule has 0 unspecified atom stereocenters. The van der Waals surface area contributed by atoms with Crippen LogP contribution in [0.2, 0.25) is 0 Å². The second kappa shape index (κ2) is 3.86. The number of hydrogen-bond acceptors (Lipinski definition) is 5. The maximum atomic E-state index is 5.57. The van der Waals surface area contributed by atoms with Crippen molar-refractivity contribution >= 4 is 18.2 Å². The highest BCUT2D eigenvalue weighted by Crippen LogP contribution is 2.37. The standard InChI is InChI=1S/C9H14N4OS/c1-14-9(3-2-4-9)5-6-11-7(10)13-8(15)12-6/h2-5H2,1H3,(H3,10,11,12,13,15). The van der Waals surface area contributed by atoms with Crippen LogP contribution in [-0.2, 0) is 11.2 Å². The summed E-state index contributed by atoms with van der Waals surface area (Å²) in [6.07, 6.45) is 4.05. The van der Waals surface area contributed by atoms with Gasteiger partial charge >= 0.3 is 0 Å². The average molecular weight is 226 g/mol. The van der Waals surface area contributed by atoms with Gasteiger partial charge in [0.2, 0.25) is 10.7 Å². The molecule has 0 saturated heterocycles. The summed E-state index contributed by atoms with van der Waals surface area (Å²) in [7, 11) is 1.73. The Morgan fingerprint density at radius 1 is 1.53 bits per heavy atom. The Morgan fingerprint density at radius 2 is 2.27 bits per heavy atom. The second-order valence-electron chi connectivity index (χ2n) is 3.88. The molecule has 1 heterocycles. The number of aromatic amines is 1. The molecule has 1 aromatic rings. The summed E-state index contributed by atoms with van der Waals surface area (Å²) in [6.45, 7) is 0. The zero-order valence-electron chi connectivity index (χ0n) is 8.62. The van der Waals surface area contributed by atoms with Crippen LogP contribution in [-0.4, -0.2) is 27.7 Å². The van der Waals surface area contributed by atoms with E-state index in [9.17, 15) is 0 Å². The molecule has 1 aromatic heterocycles. The van der Waals surface area contributed by atoms with Gasteiger partial charge in [0.15, 0.2) is 0 Å². The van der Waals surface area contributed by atoms with E-state index in [0.29, 0.717) is 5.95 Å². The number of nitrogens with one attached hydrogen (secondary N) is 1. The quantitative estimate of drug-likeness (QED) is 0.758. The van der Waals surface area contributed by atoms with E-state index in [1.54, 1.807) is 7.11 Å². The van der Waals surface area contributed by atoms with Crippen molar-refractivity contribution in [2.24, 2.45) is 0 Å². The van der Waals surface area contributed by atoms with Gasteiger partial charge < -0.3 is 15.5 Å². The number of nitrogens with two attached hydrogens (primary N) is 1. The van der Waals surface area contributed by atoms with E-state index in [-0.39, 0.29) is 10.4 Å². The van der Waals surface area contributed by atoms with E-state index in [1.807, 2.05) is 0 Å². The van der Waals surface area contributed by atoms with E-state index >= 15 is 0 Å². The van der Waals surface area contributed by atoms with Gasteiger partial charge in [-0.15, -0.1) is 0 Å². The first-order chi connectivity index (χ1) is 7.13. The van der Waals surface area contributed by atoms with Gasteiger partial charge in [0.05, 0.1) is 5.60 Å². The van der Waals surface area contributed by atoms with Crippen LogP contribution in [0.3, 0.4) is 0 Å². The van der Waals surface area contributed by atoms with Crippen LogP contribution in [0.1, 0.15) is 25.1 Å². The number of methoxy groups -OCH3 is 1. The predicted molar refractivity (Wildman–Crippen MR) is 58.9 cm³/mol. The van der Waals surface area contributed by atoms with Crippen LogP contribution < -0.4 is 5.73 Å². The lowest BCUT2D eigenvalue weighted by atomic mass is 9.77. The van der Waals surface area contributed by atoms with E-state index in [4.69, 9.17) is 22.7 Å². The highest BCUT2D eigenvalue weighted by molar-refractivity contribution is 7.71. The van der Waals surface area contributed by atoms with Gasteiger partial charge in [-0.3, -0.25) is 0 Å². The van der Waals surface area contributed by atoms with Crippen LogP contribution in [0.5, 0.6) is 0 Å². The Labute approximate surface area is 93.1 Å². The number of rotatable bonds is 3. The number of nitrogen functional groups attached to an aromatic ring is 1. The zero-order valence-corrected chi connectivity index (χ0v) is 9.43. The van der Waals surface area contributed by atoms with E-state index in [2.05, 4.69) is 15.0 Å². The number of anilines is 1. The Balaban J connectivity index is 2.20. The Kier molecular flexibility index (Phi) is 2.70. The number of H-pyrrole nitrogens is 1. The van der Waals surface area contributed by atoms with Gasteiger partial charge in [-0.05, 0) is 31.5 Å². The highest BCUT2D eigenvalue weighted by atomic mass is 32.1. The van der Waals surface area contributed by atoms with Gasteiger partial charge in [-0.25, -0.2) is 4.98 Å². The lowest BCUT2D eigenvalue weighted by Crippen LogP contribution is -2.41. The largest absolute Gasteiger partial charge is 0.378 e. The van der Waals surface area contributed by atoms with Gasteiger partial charge in [-0.1, -0.05) is 0 Å². The Bertz CT molecular complexity index is 407. The zero-order chi connectivity index (χ0) is 10.9. The van der Waals surface area contributed by atoms with Gasteiger partial charge in [0, 0.05) is 13.5 Å². The molecule has 0 atom stereocenters. The highest BCUT2D eigenvalue weighted by Gasteiger charge is 2.37. The van der Waals surface area contributed by atoms with Gasteiger partial charge in [0.25, 0.3) is 0 Å². The maximum Gasteiger partial charge on any atom is 0.224 e. The summed E-state index contributed by atoms with van der Waals surface area (Å²) < 4.78 is 5.79. The third-order valence-electron chi connectivity index (χ3n) is 2.91. The number of hydrogen-bond donors (Lipinski definition) is 2. The molecule has 1 saturated carbocycles. The molecule has 1 aliphatic carbocycles. The van der Waals surface area contributed by atoms with Crippen LogP contribution in [0.25, 0.3) is 0 Å². The minimum absolute atomic E-state index is 0.0704. The van der Waals surface area contributed by atoms with E-state index in [1.165, 1.54) is 6.42 Å². The van der Waals surface area contributed by atoms with E-state index < -0.39 is 0 Å². The second-order valence-corrected chi connectivity index (χ2v) is 4.25. The van der Waals surface area contributed by atoms with Crippen molar-refractivity contribution in [1.82, 2.24) is 15.0 Å². The van der Waals surface area contributed by atoms with Gasteiger partial charge in [-0.2, -0.15) is 4.98 Å². The minimum atomic E-state index is -0.0704. The fourth-order valence-corrected chi connectivity index (χ4v) is 2.07. The van der Waals surface area contributed by atoms with Crippen molar-refractivity contribution in [1.29, 1.82) is 0 Å². The smallest absolute Gasteiger partial charge is 0.224 e. The van der Waals surface area contributed by atoms with E-state index in [0.717, 1.165) is 25.1 Å². The minimum Gasteiger partial charge on any atom is -0.378 e. The van der Waals surface area contributed by atoms with Crippen molar-refractivity contribution in [3.63, 3.8) is 0 Å². The normalized spacial score (nSPS) is 18.5. The molecule has 0 radical (unpaired) electrons. The van der Waals surface area contributed by atoms with Crippen LogP contribution >= 0.6 is 12.2 Å². The first kappa shape index (κ1) is 10.5. The molecule has 0 aromatic carbocycles. The maximum absolute atomic E-state index is 5.57. The molecule has 1 fully saturated rings. The van der Waals surface area contributed by atoms with Gasteiger partial charge in [0.1, 0.15) is 5.82 Å². The average Bonchev–Trinajstić information content (AvgIpc) is 2.10. The van der Waals surface area contributed by atoms with Crippen molar-refractivity contribution in [3.05, 3.63) is 10.6 Å². The molecule has 0 spiro atoms. The molecule has 0 bridgehead atoms. The fourth-order valence-electron chi connectivity index (χ4n) is 1.86. The molecule has 5 nitrogen and oxygen atoms in total. The molecule has 3 N–H and O–H groups in total. The first-order valence-corrected chi connectivity index (χ1v) is 5.32. The molecule has 6 heteroatoms. The first-order valence-electron chi connectivity index (χ1n) is 4.91. The monoisotopic (exact) mass is 226 g/mol. The van der Waals surface area contributed by atoms with Crippen molar-refractivity contribution in [2.45, 2.75) is 31.3 Å². The number of aromatic nitrogens is 3. The molecule has 0 aliphatic heterocycles. The summed E-state index contributed by atoms with van der Waals surface area (Å²) >= 11 is 4.90. The number of ether oxygens (including phenoxy) is 1. The fraction of sp³-hybridized carbons (Fsp3) is 0.667.